The second-order valence-electron chi connectivity index (χ2n) is 16.3. The van der Waals surface area contributed by atoms with Crippen LogP contribution >= 0.6 is 0 Å². The summed E-state index contributed by atoms with van der Waals surface area (Å²) in [5.41, 5.74) is -2.69. The molecule has 4 N–H and O–H groups in total. The average Bonchev–Trinajstić information content (AvgIpc) is 3.05. The Morgan fingerprint density at radius 3 is 2.20 bits per heavy atom. The van der Waals surface area contributed by atoms with Gasteiger partial charge >= 0.3 is 5.97 Å². The minimum absolute atomic E-state index is 0.149. The van der Waals surface area contributed by atoms with E-state index in [0.717, 1.165) is 6.42 Å². The van der Waals surface area contributed by atoms with Gasteiger partial charge in [-0.3, -0.25) is 4.79 Å². The van der Waals surface area contributed by atoms with Crippen LogP contribution in [0.1, 0.15) is 94.4 Å². The molecule has 3 heterocycles. The average molecular weight is 719 g/mol. The number of hydrogen-bond acceptors (Lipinski definition) is 13. The van der Waals surface area contributed by atoms with Gasteiger partial charge in [-0.1, -0.05) is 20.8 Å². The lowest BCUT2D eigenvalue weighted by Gasteiger charge is -2.47. The minimum Gasteiger partial charge on any atom is -0.459 e. The van der Waals surface area contributed by atoms with Gasteiger partial charge in [-0.05, 0) is 94.3 Å². The standard InChI is InChI=1S/C37H70N2O11/c1-14-28-37(9,44)32(41)24(6)39(12)19-20(2)15-16-27(48-35-30(40)26(38(10)11)17-21(3)46-35)22(4)31(23(5)34(43)49-28)50-29-18-36(8,45-13)33(42)25(7)47-29/h20-33,35,40-42,44H,14-19H2,1-13H3/t20-,21-,22-,23-,24-,25+,26+,27+,28-,29?,30-,31+,32-,33+,35+,36-,37-/m1/s1. The van der Waals surface area contributed by atoms with E-state index >= 15 is 0 Å². The number of methoxy groups -OCH3 is 1. The van der Waals surface area contributed by atoms with Gasteiger partial charge in [0.25, 0.3) is 0 Å². The molecule has 50 heavy (non-hydrogen) atoms. The summed E-state index contributed by atoms with van der Waals surface area (Å²) in [4.78, 5) is 18.1. The second-order valence-corrected chi connectivity index (χ2v) is 16.3. The van der Waals surface area contributed by atoms with Crippen LogP contribution in [0.25, 0.3) is 0 Å². The highest BCUT2D eigenvalue weighted by molar-refractivity contribution is 5.73. The Kier molecular flexibility index (Phi) is 15.6. The molecule has 3 fully saturated rings. The topological polar surface area (TPSA) is 160 Å². The lowest BCUT2D eigenvalue weighted by Crippen LogP contribution is -2.59. The number of carbonyl (C=O) groups is 1. The summed E-state index contributed by atoms with van der Waals surface area (Å²) in [6.07, 6.45) is -5.42. The van der Waals surface area contributed by atoms with Gasteiger partial charge in [0, 0.05) is 38.1 Å². The summed E-state index contributed by atoms with van der Waals surface area (Å²) in [5, 5.41) is 45.4. The summed E-state index contributed by atoms with van der Waals surface area (Å²) in [7, 11) is 7.32. The molecule has 0 aromatic rings. The number of cyclic esters (lactones) is 1. The van der Waals surface area contributed by atoms with Crippen molar-refractivity contribution in [3.05, 3.63) is 0 Å². The van der Waals surface area contributed by atoms with Crippen LogP contribution in [0.3, 0.4) is 0 Å². The summed E-state index contributed by atoms with van der Waals surface area (Å²) in [5.74, 6) is -1.75. The van der Waals surface area contributed by atoms with Gasteiger partial charge in [0.15, 0.2) is 12.6 Å². The van der Waals surface area contributed by atoms with Gasteiger partial charge in [-0.2, -0.15) is 0 Å². The summed E-state index contributed by atoms with van der Waals surface area (Å²) < 4.78 is 37.6. The normalized spacial score (nSPS) is 48.1. The highest BCUT2D eigenvalue weighted by Gasteiger charge is 2.50. The lowest BCUT2D eigenvalue weighted by molar-refractivity contribution is -0.306. The molecule has 3 rings (SSSR count). The van der Waals surface area contributed by atoms with Crippen molar-refractivity contribution in [1.82, 2.24) is 9.80 Å². The zero-order valence-electron chi connectivity index (χ0n) is 32.9. The largest absolute Gasteiger partial charge is 0.459 e. The first kappa shape index (κ1) is 43.4. The highest BCUT2D eigenvalue weighted by atomic mass is 16.7. The fourth-order valence-corrected chi connectivity index (χ4v) is 8.08. The number of carbonyl (C=O) groups excluding carboxylic acids is 1. The van der Waals surface area contributed by atoms with Crippen molar-refractivity contribution in [2.24, 2.45) is 17.8 Å². The van der Waals surface area contributed by atoms with Crippen LogP contribution in [-0.2, 0) is 33.2 Å². The number of rotatable bonds is 7. The van der Waals surface area contributed by atoms with E-state index in [0.29, 0.717) is 19.4 Å². The maximum absolute atomic E-state index is 14.1. The van der Waals surface area contributed by atoms with E-state index in [9.17, 15) is 25.2 Å². The molecule has 0 amide bonds. The first-order valence-electron chi connectivity index (χ1n) is 18.7. The summed E-state index contributed by atoms with van der Waals surface area (Å²) >= 11 is 0. The van der Waals surface area contributed by atoms with Gasteiger partial charge in [0.1, 0.15) is 30.0 Å². The molecule has 17 atom stereocenters. The zero-order valence-corrected chi connectivity index (χ0v) is 32.9. The molecule has 294 valence electrons. The first-order chi connectivity index (χ1) is 23.2. The molecule has 0 aromatic heterocycles. The number of esters is 1. The predicted octanol–water partition coefficient (Wildman–Crippen LogP) is 2.54. The van der Waals surface area contributed by atoms with Crippen LogP contribution in [-0.4, -0.2) is 156 Å². The van der Waals surface area contributed by atoms with Gasteiger partial charge in [0.05, 0.1) is 35.9 Å². The van der Waals surface area contributed by atoms with E-state index in [1.807, 2.05) is 51.7 Å². The third kappa shape index (κ3) is 9.96. The molecule has 13 heteroatoms. The number of aliphatic hydroxyl groups excluding tert-OH is 3. The highest BCUT2D eigenvalue weighted by Crippen LogP contribution is 2.38. The molecule has 0 radical (unpaired) electrons. The predicted molar refractivity (Wildman–Crippen MR) is 188 cm³/mol. The lowest BCUT2D eigenvalue weighted by atomic mass is 9.84. The Hall–Kier alpha value is -0.970. The van der Waals surface area contributed by atoms with Gasteiger partial charge < -0.3 is 58.6 Å². The van der Waals surface area contributed by atoms with Crippen molar-refractivity contribution in [3.8, 4) is 0 Å². The molecule has 3 aliphatic rings. The van der Waals surface area contributed by atoms with Gasteiger partial charge in [-0.15, -0.1) is 0 Å². The van der Waals surface area contributed by atoms with Crippen LogP contribution in [0.2, 0.25) is 0 Å². The third-order valence-electron chi connectivity index (χ3n) is 11.9. The van der Waals surface area contributed by atoms with E-state index in [1.165, 1.54) is 14.0 Å². The molecule has 0 saturated carbocycles. The van der Waals surface area contributed by atoms with Crippen LogP contribution in [0, 0.1) is 17.8 Å². The Bertz CT molecular complexity index is 1070. The van der Waals surface area contributed by atoms with Crippen molar-refractivity contribution in [2.75, 3.05) is 34.8 Å². The fraction of sp³-hybridized carbons (Fsp3) is 0.973. The molecule has 1 unspecified atom stereocenters. The molecule has 3 saturated heterocycles. The SMILES string of the molecule is CC[C@H]1OC(=O)[C@H](C)[C@@H](OC2C[C@@](C)(OC)[C@@H](O)[C@H](C)O2)[C@H](C)[C@@H](O[C@@H]2O[C@H](C)C[C@H](N(C)C)[C@H]2O)CC[C@@H](C)CN(C)[C@H](C)[C@@H](O)[C@]1(C)O. The molecule has 13 nitrogen and oxygen atoms in total. The van der Waals surface area contributed by atoms with E-state index in [2.05, 4.69) is 6.92 Å². The van der Waals surface area contributed by atoms with Crippen LogP contribution in [0.5, 0.6) is 0 Å². The number of aliphatic hydroxyl groups is 4. The van der Waals surface area contributed by atoms with Gasteiger partial charge in [-0.25, -0.2) is 0 Å². The molecular weight excluding hydrogens is 648 g/mol. The molecule has 3 aliphatic heterocycles. The van der Waals surface area contributed by atoms with E-state index in [4.69, 9.17) is 28.4 Å². The van der Waals surface area contributed by atoms with Crippen molar-refractivity contribution in [1.29, 1.82) is 0 Å². The van der Waals surface area contributed by atoms with Crippen LogP contribution in [0.15, 0.2) is 0 Å². The monoisotopic (exact) mass is 718 g/mol. The second kappa shape index (κ2) is 17.9. The quantitative estimate of drug-likeness (QED) is 0.285. The Balaban J connectivity index is 2.08. The molecule has 0 aliphatic carbocycles. The first-order valence-corrected chi connectivity index (χ1v) is 18.7. The molecule has 0 bridgehead atoms. The Morgan fingerprint density at radius 2 is 1.62 bits per heavy atom. The maximum Gasteiger partial charge on any atom is 0.311 e. The van der Waals surface area contributed by atoms with Crippen LogP contribution in [0.4, 0.5) is 0 Å². The van der Waals surface area contributed by atoms with E-state index in [-0.39, 0.29) is 30.9 Å². The number of likely N-dealkylation sites (N-methyl/N-ethyl adjacent to an activating group) is 2. The van der Waals surface area contributed by atoms with Crippen molar-refractivity contribution in [2.45, 2.75) is 179 Å². The Morgan fingerprint density at radius 1 is 0.980 bits per heavy atom. The van der Waals surface area contributed by atoms with Crippen molar-refractivity contribution >= 4 is 5.97 Å². The third-order valence-corrected chi connectivity index (χ3v) is 11.9. The number of ether oxygens (including phenoxy) is 6. The van der Waals surface area contributed by atoms with E-state index < -0.39 is 90.4 Å². The van der Waals surface area contributed by atoms with Crippen LogP contribution < -0.4 is 0 Å². The minimum atomic E-state index is -1.73. The van der Waals surface area contributed by atoms with Gasteiger partial charge in [0.2, 0.25) is 0 Å². The number of nitrogens with zero attached hydrogens (tertiary/aromatic N) is 2. The summed E-state index contributed by atoms with van der Waals surface area (Å²) in [6, 6.07) is -0.604. The fourth-order valence-electron chi connectivity index (χ4n) is 8.08. The maximum atomic E-state index is 14.1. The smallest absolute Gasteiger partial charge is 0.311 e. The van der Waals surface area contributed by atoms with E-state index in [1.54, 1.807) is 27.7 Å². The zero-order chi connectivity index (χ0) is 37.9. The molecule has 0 aromatic carbocycles. The molecular formula is C37H70N2O11. The number of hydrogen-bond donors (Lipinski definition) is 4. The summed E-state index contributed by atoms with van der Waals surface area (Å²) in [6.45, 7) is 17.2. The Labute approximate surface area is 300 Å². The van der Waals surface area contributed by atoms with Crippen molar-refractivity contribution in [3.63, 3.8) is 0 Å². The molecule has 0 spiro atoms. The van der Waals surface area contributed by atoms with Crippen molar-refractivity contribution < 1.29 is 53.6 Å².